The van der Waals surface area contributed by atoms with E-state index in [0.717, 1.165) is 35.4 Å². The molecule has 0 fully saturated rings. The van der Waals surface area contributed by atoms with Crippen LogP contribution in [0.15, 0.2) is 54.9 Å². The van der Waals surface area contributed by atoms with E-state index in [1.807, 2.05) is 37.3 Å². The van der Waals surface area contributed by atoms with Crippen molar-refractivity contribution in [2.24, 2.45) is 0 Å². The van der Waals surface area contributed by atoms with Crippen LogP contribution in [-0.2, 0) is 16.1 Å². The number of benzene rings is 1. The number of rotatable bonds is 6. The minimum atomic E-state index is -0.334. The second-order valence-corrected chi connectivity index (χ2v) is 5.43. The van der Waals surface area contributed by atoms with E-state index in [0.29, 0.717) is 6.61 Å². The summed E-state index contributed by atoms with van der Waals surface area (Å²) in [6.45, 7) is 3.14. The molecule has 5 nitrogen and oxygen atoms in total. The number of esters is 1. The van der Waals surface area contributed by atoms with Crippen LogP contribution in [0.3, 0.4) is 0 Å². The van der Waals surface area contributed by atoms with E-state index in [2.05, 4.69) is 20.6 Å². The number of pyridine rings is 1. The minimum absolute atomic E-state index is 0.334. The fourth-order valence-corrected chi connectivity index (χ4v) is 2.56. The molecule has 0 atom stereocenters. The van der Waals surface area contributed by atoms with Gasteiger partial charge >= 0.3 is 5.97 Å². The molecule has 2 aromatic heterocycles. The lowest BCUT2D eigenvalue weighted by Crippen LogP contribution is -2.07. The van der Waals surface area contributed by atoms with Crippen LogP contribution in [0.1, 0.15) is 17.8 Å². The number of ether oxygens (including phenoxy) is 1. The minimum Gasteiger partial charge on any atom is -0.462 e. The molecule has 0 saturated heterocycles. The van der Waals surface area contributed by atoms with Gasteiger partial charge in [0.2, 0.25) is 0 Å². The third-order valence-corrected chi connectivity index (χ3v) is 3.73. The van der Waals surface area contributed by atoms with Crippen molar-refractivity contribution in [3.8, 4) is 0 Å². The second kappa shape index (κ2) is 7.55. The number of aryl methyl sites for hydroxylation is 2. The van der Waals surface area contributed by atoms with Gasteiger partial charge in [-0.2, -0.15) is 0 Å². The molecule has 0 bridgehead atoms. The van der Waals surface area contributed by atoms with Crippen LogP contribution in [0.2, 0.25) is 0 Å². The maximum Gasteiger partial charge on any atom is 0.330 e. The zero-order valence-electron chi connectivity index (χ0n) is 13.6. The van der Waals surface area contributed by atoms with Gasteiger partial charge in [0, 0.05) is 25.0 Å². The van der Waals surface area contributed by atoms with Crippen molar-refractivity contribution in [1.29, 1.82) is 0 Å². The van der Waals surface area contributed by atoms with E-state index in [9.17, 15) is 4.79 Å². The number of carbonyl (C=O) groups is 1. The first kappa shape index (κ1) is 15.9. The van der Waals surface area contributed by atoms with Gasteiger partial charge in [0.1, 0.15) is 5.82 Å². The van der Waals surface area contributed by atoms with Gasteiger partial charge in [-0.25, -0.2) is 9.78 Å². The Balaban J connectivity index is 1.49. The van der Waals surface area contributed by atoms with Gasteiger partial charge in [-0.3, -0.25) is 4.98 Å². The zero-order chi connectivity index (χ0) is 16.8. The normalized spacial score (nSPS) is 11.2. The molecule has 0 aliphatic rings. The molecule has 0 unspecified atom stereocenters. The fraction of sp³-hybridized carbons (Fsp3) is 0.211. The van der Waals surface area contributed by atoms with Gasteiger partial charge in [0.15, 0.2) is 0 Å². The fourth-order valence-electron chi connectivity index (χ4n) is 2.56. The Hall–Kier alpha value is -2.95. The summed E-state index contributed by atoms with van der Waals surface area (Å²) < 4.78 is 7.39. The Morgan fingerprint density at radius 1 is 1.21 bits per heavy atom. The molecule has 0 amide bonds. The Morgan fingerprint density at radius 3 is 2.83 bits per heavy atom. The first-order valence-corrected chi connectivity index (χ1v) is 7.91. The Labute approximate surface area is 140 Å². The van der Waals surface area contributed by atoms with E-state index in [1.165, 1.54) is 6.08 Å². The highest BCUT2D eigenvalue weighted by molar-refractivity contribution is 5.86. The lowest BCUT2D eigenvalue weighted by atomic mass is 10.2. The van der Waals surface area contributed by atoms with E-state index in [-0.39, 0.29) is 5.97 Å². The molecule has 24 heavy (non-hydrogen) atoms. The second-order valence-electron chi connectivity index (χ2n) is 5.43. The summed E-state index contributed by atoms with van der Waals surface area (Å²) in [7, 11) is 0. The van der Waals surface area contributed by atoms with Gasteiger partial charge in [-0.05, 0) is 49.2 Å². The lowest BCUT2D eigenvalue weighted by molar-refractivity contribution is -0.137. The number of hydrogen-bond acceptors (Lipinski definition) is 4. The van der Waals surface area contributed by atoms with Gasteiger partial charge < -0.3 is 9.30 Å². The maximum absolute atomic E-state index is 11.7. The standard InChI is InChI=1S/C19H19N3O2/c1-15-21-17-5-2-3-6-18(17)22(15)13-4-14-24-19(23)8-7-16-9-11-20-12-10-16/h2-3,5-12H,4,13-14H2,1H3/b8-7-. The summed E-state index contributed by atoms with van der Waals surface area (Å²) in [6, 6.07) is 11.7. The molecular formula is C19H19N3O2. The van der Waals surface area contributed by atoms with Gasteiger partial charge in [0.25, 0.3) is 0 Å². The summed E-state index contributed by atoms with van der Waals surface area (Å²) in [5.74, 6) is 0.638. The molecule has 0 spiro atoms. The van der Waals surface area contributed by atoms with Crippen molar-refractivity contribution in [3.05, 3.63) is 66.3 Å². The Morgan fingerprint density at radius 2 is 2.00 bits per heavy atom. The number of para-hydroxylation sites is 2. The van der Waals surface area contributed by atoms with Crippen LogP contribution in [-0.4, -0.2) is 27.1 Å². The summed E-state index contributed by atoms with van der Waals surface area (Å²) in [5, 5.41) is 0. The third-order valence-electron chi connectivity index (χ3n) is 3.73. The summed E-state index contributed by atoms with van der Waals surface area (Å²) >= 11 is 0. The SMILES string of the molecule is Cc1nc2ccccc2n1CCCOC(=O)/C=C\c1ccncc1. The molecule has 2 heterocycles. The molecular weight excluding hydrogens is 302 g/mol. The third kappa shape index (κ3) is 3.87. The summed E-state index contributed by atoms with van der Waals surface area (Å²) in [4.78, 5) is 20.2. The van der Waals surface area contributed by atoms with E-state index < -0.39 is 0 Å². The van der Waals surface area contributed by atoms with Crippen LogP contribution >= 0.6 is 0 Å². The van der Waals surface area contributed by atoms with E-state index in [4.69, 9.17) is 4.74 Å². The molecule has 3 rings (SSSR count). The molecule has 1 aromatic carbocycles. The number of nitrogens with zero attached hydrogens (tertiary/aromatic N) is 3. The van der Waals surface area contributed by atoms with Crippen molar-refractivity contribution >= 4 is 23.1 Å². The quantitative estimate of drug-likeness (QED) is 0.397. The molecule has 0 saturated carbocycles. The zero-order valence-corrected chi connectivity index (χ0v) is 13.6. The van der Waals surface area contributed by atoms with Crippen LogP contribution in [0, 0.1) is 6.92 Å². The van der Waals surface area contributed by atoms with Crippen LogP contribution in [0.4, 0.5) is 0 Å². The first-order valence-electron chi connectivity index (χ1n) is 7.91. The number of hydrogen-bond donors (Lipinski definition) is 0. The van der Waals surface area contributed by atoms with Crippen molar-refractivity contribution < 1.29 is 9.53 Å². The molecule has 0 aliphatic carbocycles. The van der Waals surface area contributed by atoms with Gasteiger partial charge in [-0.1, -0.05) is 12.1 Å². The highest BCUT2D eigenvalue weighted by Gasteiger charge is 2.06. The average Bonchev–Trinajstić information content (AvgIpc) is 2.93. The molecule has 122 valence electrons. The van der Waals surface area contributed by atoms with Gasteiger partial charge in [-0.15, -0.1) is 0 Å². The van der Waals surface area contributed by atoms with Crippen LogP contribution in [0.25, 0.3) is 17.1 Å². The largest absolute Gasteiger partial charge is 0.462 e. The Kier molecular flexibility index (Phi) is 5.01. The van der Waals surface area contributed by atoms with E-state index >= 15 is 0 Å². The number of imidazole rings is 1. The summed E-state index contributed by atoms with van der Waals surface area (Å²) in [6.07, 6.45) is 7.27. The monoisotopic (exact) mass is 321 g/mol. The predicted molar refractivity (Wildman–Crippen MR) is 93.3 cm³/mol. The summed E-state index contributed by atoms with van der Waals surface area (Å²) in [5.41, 5.74) is 3.02. The topological polar surface area (TPSA) is 57.0 Å². The first-order chi connectivity index (χ1) is 11.7. The van der Waals surface area contributed by atoms with Crippen molar-refractivity contribution in [2.75, 3.05) is 6.61 Å². The van der Waals surface area contributed by atoms with Crippen LogP contribution < -0.4 is 0 Å². The van der Waals surface area contributed by atoms with Crippen LogP contribution in [0.5, 0.6) is 0 Å². The van der Waals surface area contributed by atoms with Crippen molar-refractivity contribution in [3.63, 3.8) is 0 Å². The predicted octanol–water partition coefficient (Wildman–Crippen LogP) is 3.39. The number of aromatic nitrogens is 3. The molecule has 5 heteroatoms. The van der Waals surface area contributed by atoms with Crippen molar-refractivity contribution in [2.45, 2.75) is 19.9 Å². The molecule has 3 aromatic rings. The lowest BCUT2D eigenvalue weighted by Gasteiger charge is -2.07. The highest BCUT2D eigenvalue weighted by Crippen LogP contribution is 2.15. The number of fused-ring (bicyclic) bond motifs is 1. The van der Waals surface area contributed by atoms with Crippen molar-refractivity contribution in [1.82, 2.24) is 14.5 Å². The molecule has 0 N–H and O–H groups in total. The van der Waals surface area contributed by atoms with E-state index in [1.54, 1.807) is 18.5 Å². The maximum atomic E-state index is 11.7. The highest BCUT2D eigenvalue weighted by atomic mass is 16.5. The molecule has 0 aliphatic heterocycles. The number of carbonyl (C=O) groups excluding carboxylic acids is 1. The molecule has 0 radical (unpaired) electrons. The Bertz CT molecular complexity index is 853. The average molecular weight is 321 g/mol. The van der Waals surface area contributed by atoms with Gasteiger partial charge in [0.05, 0.1) is 17.6 Å². The smallest absolute Gasteiger partial charge is 0.330 e.